The molecule has 0 spiro atoms. The molecule has 0 saturated carbocycles. The fourth-order valence-corrected chi connectivity index (χ4v) is 3.95. The van der Waals surface area contributed by atoms with Gasteiger partial charge in [-0.05, 0) is 55.3 Å². The second-order valence-corrected chi connectivity index (χ2v) is 7.84. The minimum absolute atomic E-state index is 0.00679. The largest absolute Gasteiger partial charge is 0.380 e. The van der Waals surface area contributed by atoms with Crippen LogP contribution in [-0.4, -0.2) is 33.6 Å². The Labute approximate surface area is 151 Å². The van der Waals surface area contributed by atoms with E-state index in [1.54, 1.807) is 6.92 Å². The van der Waals surface area contributed by atoms with Crippen molar-refractivity contribution in [3.8, 4) is 0 Å². The maximum atomic E-state index is 13.3. The average molecular weight is 378 g/mol. The Balaban J connectivity index is 1.77. The van der Waals surface area contributed by atoms with Crippen molar-refractivity contribution in [3.63, 3.8) is 0 Å². The van der Waals surface area contributed by atoms with Gasteiger partial charge in [0.05, 0.1) is 11.5 Å². The van der Waals surface area contributed by atoms with Crippen molar-refractivity contribution in [1.82, 2.24) is 4.72 Å². The molecule has 0 radical (unpaired) electrons. The normalized spacial score (nSPS) is 17.2. The minimum Gasteiger partial charge on any atom is -0.380 e. The second kappa shape index (κ2) is 7.53. The van der Waals surface area contributed by atoms with Crippen molar-refractivity contribution in [2.45, 2.75) is 24.3 Å². The number of amides is 1. The predicted molar refractivity (Wildman–Crippen MR) is 95.1 cm³/mol. The number of rotatable bonds is 5. The Morgan fingerprint density at radius 2 is 2.04 bits per heavy atom. The number of anilines is 1. The van der Waals surface area contributed by atoms with Crippen molar-refractivity contribution in [3.05, 3.63) is 59.4 Å². The summed E-state index contributed by atoms with van der Waals surface area (Å²) in [5.74, 6) is -0.838. The summed E-state index contributed by atoms with van der Waals surface area (Å²) >= 11 is 0. The number of benzene rings is 2. The molecule has 2 aromatic rings. The van der Waals surface area contributed by atoms with E-state index in [1.807, 2.05) is 0 Å². The maximum absolute atomic E-state index is 13.3. The Kier molecular flexibility index (Phi) is 5.36. The van der Waals surface area contributed by atoms with Crippen LogP contribution in [0.5, 0.6) is 0 Å². The van der Waals surface area contributed by atoms with Crippen LogP contribution in [-0.2, 0) is 14.8 Å². The van der Waals surface area contributed by atoms with Gasteiger partial charge in [-0.3, -0.25) is 4.79 Å². The first kappa shape index (κ1) is 18.5. The first-order valence-electron chi connectivity index (χ1n) is 8.13. The van der Waals surface area contributed by atoms with E-state index in [2.05, 4.69) is 10.0 Å². The van der Waals surface area contributed by atoms with Crippen molar-refractivity contribution in [2.75, 3.05) is 18.5 Å². The summed E-state index contributed by atoms with van der Waals surface area (Å²) in [6.45, 7) is 2.45. The summed E-state index contributed by atoms with van der Waals surface area (Å²) in [5.41, 5.74) is 1.03. The standard InChI is InChI=1S/C18H19FN2O4S/c1-12-9-14(5-6-17(12)19)20-18(22)13-3-2-4-16(10-13)26(23,24)21-15-7-8-25-11-15/h2-6,9-10,15,21H,7-8,11H2,1H3,(H,20,22)/t15-/m1/s1. The summed E-state index contributed by atoms with van der Waals surface area (Å²) < 4.78 is 46.0. The van der Waals surface area contributed by atoms with Gasteiger partial charge >= 0.3 is 0 Å². The van der Waals surface area contributed by atoms with Crippen LogP contribution >= 0.6 is 0 Å². The third kappa shape index (κ3) is 4.27. The van der Waals surface area contributed by atoms with Crippen LogP contribution in [0.2, 0.25) is 0 Å². The Hall–Kier alpha value is -2.29. The zero-order chi connectivity index (χ0) is 18.7. The van der Waals surface area contributed by atoms with Gasteiger partial charge in [0, 0.05) is 23.9 Å². The fraction of sp³-hybridized carbons (Fsp3) is 0.278. The molecule has 1 amide bonds. The second-order valence-electron chi connectivity index (χ2n) is 6.13. The lowest BCUT2D eigenvalue weighted by Gasteiger charge is -2.12. The monoisotopic (exact) mass is 378 g/mol. The van der Waals surface area contributed by atoms with Crippen LogP contribution in [0.3, 0.4) is 0 Å². The summed E-state index contributed by atoms with van der Waals surface area (Å²) in [6, 6.07) is 9.71. The molecular weight excluding hydrogens is 359 g/mol. The van der Waals surface area contributed by atoms with Crippen LogP contribution in [0.1, 0.15) is 22.3 Å². The smallest absolute Gasteiger partial charge is 0.255 e. The summed E-state index contributed by atoms with van der Waals surface area (Å²) in [4.78, 5) is 12.4. The Bertz CT molecular complexity index is 925. The van der Waals surface area contributed by atoms with Crippen molar-refractivity contribution in [2.24, 2.45) is 0 Å². The lowest BCUT2D eigenvalue weighted by Crippen LogP contribution is -2.35. The molecule has 0 aromatic heterocycles. The highest BCUT2D eigenvalue weighted by atomic mass is 32.2. The summed E-state index contributed by atoms with van der Waals surface area (Å²) in [7, 11) is -3.74. The van der Waals surface area contributed by atoms with E-state index in [0.717, 1.165) is 0 Å². The molecule has 1 aliphatic rings. The third-order valence-corrected chi connectivity index (χ3v) is 5.59. The van der Waals surface area contributed by atoms with Gasteiger partial charge in [-0.25, -0.2) is 17.5 Å². The molecule has 2 N–H and O–H groups in total. The lowest BCUT2D eigenvalue weighted by atomic mass is 10.2. The summed E-state index contributed by atoms with van der Waals surface area (Å²) in [6.07, 6.45) is 0.614. The molecule has 1 heterocycles. The van der Waals surface area contributed by atoms with Gasteiger partial charge in [-0.1, -0.05) is 6.07 Å². The molecule has 0 bridgehead atoms. The van der Waals surface area contributed by atoms with E-state index in [4.69, 9.17) is 4.74 Å². The van der Waals surface area contributed by atoms with E-state index < -0.39 is 15.9 Å². The highest BCUT2D eigenvalue weighted by Crippen LogP contribution is 2.17. The fourth-order valence-electron chi connectivity index (χ4n) is 2.65. The molecule has 8 heteroatoms. The zero-order valence-corrected chi connectivity index (χ0v) is 15.0. The summed E-state index contributed by atoms with van der Waals surface area (Å²) in [5, 5.41) is 2.64. The lowest BCUT2D eigenvalue weighted by molar-refractivity contribution is 0.102. The number of nitrogens with one attached hydrogen (secondary N) is 2. The highest BCUT2D eigenvalue weighted by molar-refractivity contribution is 7.89. The van der Waals surface area contributed by atoms with Gasteiger partial charge in [0.2, 0.25) is 10.0 Å². The molecule has 1 aliphatic heterocycles. The van der Waals surface area contributed by atoms with Crippen LogP contribution in [0, 0.1) is 12.7 Å². The molecule has 138 valence electrons. The Morgan fingerprint density at radius 3 is 2.73 bits per heavy atom. The maximum Gasteiger partial charge on any atom is 0.255 e. The van der Waals surface area contributed by atoms with E-state index in [-0.39, 0.29) is 22.3 Å². The van der Waals surface area contributed by atoms with Crippen LogP contribution in [0.4, 0.5) is 10.1 Å². The molecule has 3 rings (SSSR count). The molecule has 1 atom stereocenters. The van der Waals surface area contributed by atoms with Gasteiger partial charge < -0.3 is 10.1 Å². The Morgan fingerprint density at radius 1 is 1.23 bits per heavy atom. The number of aryl methyl sites for hydroxylation is 1. The highest BCUT2D eigenvalue weighted by Gasteiger charge is 2.24. The number of ether oxygens (including phenoxy) is 1. The van der Waals surface area contributed by atoms with Crippen LogP contribution < -0.4 is 10.0 Å². The molecule has 0 unspecified atom stereocenters. The van der Waals surface area contributed by atoms with Gasteiger partial charge in [0.15, 0.2) is 0 Å². The number of hydrogen-bond donors (Lipinski definition) is 2. The molecule has 1 fully saturated rings. The van der Waals surface area contributed by atoms with Gasteiger partial charge in [0.1, 0.15) is 5.82 Å². The quantitative estimate of drug-likeness (QED) is 0.837. The third-order valence-electron chi connectivity index (χ3n) is 4.07. The topological polar surface area (TPSA) is 84.5 Å². The molecule has 1 saturated heterocycles. The van der Waals surface area contributed by atoms with Gasteiger partial charge in [-0.15, -0.1) is 0 Å². The molecule has 2 aromatic carbocycles. The van der Waals surface area contributed by atoms with E-state index >= 15 is 0 Å². The predicted octanol–water partition coefficient (Wildman–Crippen LogP) is 2.45. The number of carbonyl (C=O) groups is 1. The molecule has 0 aliphatic carbocycles. The van der Waals surface area contributed by atoms with E-state index in [1.165, 1.54) is 42.5 Å². The first-order valence-corrected chi connectivity index (χ1v) is 9.61. The van der Waals surface area contributed by atoms with Crippen molar-refractivity contribution >= 4 is 21.6 Å². The van der Waals surface area contributed by atoms with Crippen molar-refractivity contribution < 1.29 is 22.3 Å². The number of hydrogen-bond acceptors (Lipinski definition) is 4. The minimum atomic E-state index is -3.74. The molecular formula is C18H19FN2O4S. The number of halogens is 1. The average Bonchev–Trinajstić information content (AvgIpc) is 3.10. The van der Waals surface area contributed by atoms with Crippen LogP contribution in [0.15, 0.2) is 47.4 Å². The van der Waals surface area contributed by atoms with Crippen LogP contribution in [0.25, 0.3) is 0 Å². The molecule has 6 nitrogen and oxygen atoms in total. The number of sulfonamides is 1. The van der Waals surface area contributed by atoms with Gasteiger partial charge in [0.25, 0.3) is 5.91 Å². The zero-order valence-electron chi connectivity index (χ0n) is 14.2. The SMILES string of the molecule is Cc1cc(NC(=O)c2cccc(S(=O)(=O)N[C@@H]3CCOC3)c2)ccc1F. The van der Waals surface area contributed by atoms with Gasteiger partial charge in [-0.2, -0.15) is 0 Å². The van der Waals surface area contributed by atoms with E-state index in [9.17, 15) is 17.6 Å². The molecule has 26 heavy (non-hydrogen) atoms. The van der Waals surface area contributed by atoms with E-state index in [0.29, 0.717) is 30.9 Å². The number of carbonyl (C=O) groups excluding carboxylic acids is 1. The van der Waals surface area contributed by atoms with Crippen molar-refractivity contribution in [1.29, 1.82) is 0 Å². The first-order chi connectivity index (χ1) is 12.3.